The van der Waals surface area contributed by atoms with Crippen LogP contribution in [0, 0.1) is 5.92 Å². The minimum Gasteiger partial charge on any atom is -0.490 e. The lowest BCUT2D eigenvalue weighted by Crippen LogP contribution is -2.37. The van der Waals surface area contributed by atoms with E-state index in [9.17, 15) is 0 Å². The highest BCUT2D eigenvalue weighted by atomic mass is 79.9. The normalized spacial score (nSPS) is 18.0. The van der Waals surface area contributed by atoms with Crippen LogP contribution in [0.15, 0.2) is 16.6 Å². The summed E-state index contributed by atoms with van der Waals surface area (Å²) in [6.07, 6.45) is 2.57. The molecule has 2 aliphatic rings. The van der Waals surface area contributed by atoms with Gasteiger partial charge in [-0.05, 0) is 46.8 Å². The van der Waals surface area contributed by atoms with E-state index in [1.165, 1.54) is 12.8 Å². The molecule has 6 nitrogen and oxygen atoms in total. The van der Waals surface area contributed by atoms with E-state index >= 15 is 0 Å². The molecule has 1 aliphatic carbocycles. The largest absolute Gasteiger partial charge is 0.490 e. The summed E-state index contributed by atoms with van der Waals surface area (Å²) in [5.74, 6) is 1.60. The Bertz CT molecular complexity index is 525. The van der Waals surface area contributed by atoms with Gasteiger partial charge in [-0.1, -0.05) is 0 Å². The van der Waals surface area contributed by atoms with Gasteiger partial charge in [-0.2, -0.15) is 0 Å². The monoisotopic (exact) mass is 371 g/mol. The van der Waals surface area contributed by atoms with Crippen LogP contribution >= 0.6 is 15.9 Å². The Morgan fingerprint density at radius 2 is 2.14 bits per heavy atom. The first-order valence-corrected chi connectivity index (χ1v) is 8.28. The number of nitrogens with one attached hydrogen (secondary N) is 2. The topological polar surface area (TPSA) is 55.0 Å². The van der Waals surface area contributed by atoms with Crippen molar-refractivity contribution in [3.8, 4) is 5.75 Å². The highest BCUT2D eigenvalue weighted by Gasteiger charge is 2.29. The first-order chi connectivity index (χ1) is 10.7. The molecule has 0 aromatic heterocycles. The van der Waals surface area contributed by atoms with Crippen molar-refractivity contribution in [2.75, 3.05) is 44.4 Å². The maximum atomic E-state index is 5.86. The minimum absolute atomic E-state index is 0.0809. The maximum Gasteiger partial charge on any atom is 0.135 e. The van der Waals surface area contributed by atoms with Crippen molar-refractivity contribution in [1.29, 1.82) is 0 Å². The number of fused-ring (bicyclic) bond motifs is 1. The van der Waals surface area contributed by atoms with E-state index in [4.69, 9.17) is 14.2 Å². The van der Waals surface area contributed by atoms with Crippen molar-refractivity contribution in [2.45, 2.75) is 18.9 Å². The van der Waals surface area contributed by atoms with E-state index in [0.717, 1.165) is 34.1 Å². The van der Waals surface area contributed by atoms with E-state index in [-0.39, 0.29) is 6.10 Å². The Kier molecular flexibility index (Phi) is 5.07. The zero-order chi connectivity index (χ0) is 15.5. The Morgan fingerprint density at radius 1 is 1.32 bits per heavy atom. The summed E-state index contributed by atoms with van der Waals surface area (Å²) in [4.78, 5) is 0. The molecule has 1 saturated carbocycles. The molecular formula is C15H22BrN3O3. The highest BCUT2D eigenvalue weighted by Crippen LogP contribution is 2.43. The number of hydrogen-bond donors (Lipinski definition) is 2. The minimum atomic E-state index is -0.0809. The smallest absolute Gasteiger partial charge is 0.135 e. The van der Waals surface area contributed by atoms with Crippen LogP contribution in [-0.2, 0) is 9.47 Å². The van der Waals surface area contributed by atoms with Crippen LogP contribution < -0.4 is 20.7 Å². The third-order valence-electron chi connectivity index (χ3n) is 3.94. The summed E-state index contributed by atoms with van der Waals surface area (Å²) in [5, 5.41) is 2.16. The number of rotatable bonds is 8. The predicted octanol–water partition coefficient (Wildman–Crippen LogP) is 2.55. The molecule has 1 unspecified atom stereocenters. The zero-order valence-electron chi connectivity index (χ0n) is 12.9. The van der Waals surface area contributed by atoms with Crippen molar-refractivity contribution in [1.82, 2.24) is 5.53 Å². The molecule has 1 aliphatic heterocycles. The number of anilines is 2. The summed E-state index contributed by atoms with van der Waals surface area (Å²) < 4.78 is 17.2. The third kappa shape index (κ3) is 3.48. The molecule has 2 N–H and O–H groups in total. The second-order valence-corrected chi connectivity index (χ2v) is 6.48. The second-order valence-electron chi connectivity index (χ2n) is 5.69. The van der Waals surface area contributed by atoms with Gasteiger partial charge >= 0.3 is 0 Å². The van der Waals surface area contributed by atoms with Gasteiger partial charge in [-0.3, -0.25) is 5.01 Å². The molecule has 0 bridgehead atoms. The Hall–Kier alpha value is -1.02. The van der Waals surface area contributed by atoms with Crippen molar-refractivity contribution in [3.63, 3.8) is 0 Å². The lowest BCUT2D eigenvalue weighted by atomic mass is 10.2. The highest BCUT2D eigenvalue weighted by molar-refractivity contribution is 9.10. The lowest BCUT2D eigenvalue weighted by molar-refractivity contribution is 0.000745. The average molecular weight is 372 g/mol. The standard InChI is InChI=1S/C15H22BrN3O3/c1-20-8-11(21-2)9-22-13-6-5-12-15(14(13)16)17-18-19(12)7-10-3-4-10/h5-6,10-11,17-18H,3-4,7-9H2,1-2H3. The molecule has 1 heterocycles. The van der Waals surface area contributed by atoms with Gasteiger partial charge in [0.15, 0.2) is 0 Å². The second kappa shape index (κ2) is 7.04. The molecule has 22 heavy (non-hydrogen) atoms. The Balaban J connectivity index is 1.66. The van der Waals surface area contributed by atoms with Crippen LogP contribution in [0.25, 0.3) is 0 Å². The van der Waals surface area contributed by atoms with Gasteiger partial charge in [0.25, 0.3) is 0 Å². The SMILES string of the molecule is COCC(COc1ccc2c(c1Br)NNN2CC1CC1)OC. The molecule has 7 heteroatoms. The fourth-order valence-electron chi connectivity index (χ4n) is 2.44. The van der Waals surface area contributed by atoms with Gasteiger partial charge in [0, 0.05) is 20.8 Å². The van der Waals surface area contributed by atoms with Crippen molar-refractivity contribution in [2.24, 2.45) is 5.92 Å². The number of ether oxygens (including phenoxy) is 3. The number of hydrazine groups is 2. The number of methoxy groups -OCH3 is 2. The fourth-order valence-corrected chi connectivity index (χ4v) is 2.99. The summed E-state index contributed by atoms with van der Waals surface area (Å²) in [7, 11) is 3.31. The Labute approximate surface area is 139 Å². The molecular weight excluding hydrogens is 350 g/mol. The van der Waals surface area contributed by atoms with Crippen LogP contribution in [0.5, 0.6) is 5.75 Å². The van der Waals surface area contributed by atoms with Gasteiger partial charge in [0.1, 0.15) is 18.5 Å². The quantitative estimate of drug-likeness (QED) is 0.732. The molecule has 0 saturated heterocycles. The summed E-state index contributed by atoms with van der Waals surface area (Å²) in [6, 6.07) is 4.06. The third-order valence-corrected chi connectivity index (χ3v) is 4.73. The molecule has 1 fully saturated rings. The van der Waals surface area contributed by atoms with Crippen LogP contribution in [0.1, 0.15) is 12.8 Å². The molecule has 1 atom stereocenters. The summed E-state index contributed by atoms with van der Waals surface area (Å²) in [5.41, 5.74) is 8.58. The van der Waals surface area contributed by atoms with E-state index in [1.807, 2.05) is 6.07 Å². The van der Waals surface area contributed by atoms with Gasteiger partial charge in [-0.25, -0.2) is 0 Å². The molecule has 122 valence electrons. The maximum absolute atomic E-state index is 5.86. The van der Waals surface area contributed by atoms with Crippen LogP contribution in [0.2, 0.25) is 0 Å². The zero-order valence-corrected chi connectivity index (χ0v) is 14.5. The van der Waals surface area contributed by atoms with E-state index in [1.54, 1.807) is 14.2 Å². The predicted molar refractivity (Wildman–Crippen MR) is 89.1 cm³/mol. The average Bonchev–Trinajstić information content (AvgIpc) is 3.24. The van der Waals surface area contributed by atoms with Crippen LogP contribution in [0.3, 0.4) is 0 Å². The fraction of sp³-hybridized carbons (Fsp3) is 0.600. The van der Waals surface area contributed by atoms with Crippen molar-refractivity contribution >= 4 is 27.3 Å². The van der Waals surface area contributed by atoms with E-state index in [2.05, 4.69) is 38.0 Å². The Morgan fingerprint density at radius 3 is 2.82 bits per heavy atom. The molecule has 3 rings (SSSR count). The van der Waals surface area contributed by atoms with Gasteiger partial charge in [0.05, 0.1) is 22.5 Å². The number of benzene rings is 1. The first-order valence-electron chi connectivity index (χ1n) is 7.49. The van der Waals surface area contributed by atoms with Gasteiger partial charge in [0.2, 0.25) is 0 Å². The number of halogens is 1. The van der Waals surface area contributed by atoms with Crippen LogP contribution in [0.4, 0.5) is 11.4 Å². The molecule has 0 radical (unpaired) electrons. The number of nitrogens with zero attached hydrogens (tertiary/aromatic N) is 1. The first kappa shape index (κ1) is 15.9. The van der Waals surface area contributed by atoms with E-state index in [0.29, 0.717) is 13.2 Å². The summed E-state index contributed by atoms with van der Waals surface area (Å²) in [6.45, 7) is 1.99. The van der Waals surface area contributed by atoms with Gasteiger partial charge < -0.3 is 19.6 Å². The summed E-state index contributed by atoms with van der Waals surface area (Å²) >= 11 is 3.63. The lowest BCUT2D eigenvalue weighted by Gasteiger charge is -2.18. The van der Waals surface area contributed by atoms with E-state index < -0.39 is 0 Å². The number of hydrogen-bond acceptors (Lipinski definition) is 6. The van der Waals surface area contributed by atoms with Crippen molar-refractivity contribution in [3.05, 3.63) is 16.6 Å². The van der Waals surface area contributed by atoms with Crippen LogP contribution in [-0.4, -0.2) is 40.1 Å². The molecule has 0 spiro atoms. The van der Waals surface area contributed by atoms with Crippen molar-refractivity contribution < 1.29 is 14.2 Å². The molecule has 1 aromatic carbocycles. The van der Waals surface area contributed by atoms with Gasteiger partial charge in [-0.15, -0.1) is 5.53 Å². The molecule has 0 amide bonds. The molecule has 1 aromatic rings.